The lowest BCUT2D eigenvalue weighted by Gasteiger charge is -2.33. The van der Waals surface area contributed by atoms with Crippen molar-refractivity contribution >= 4 is 19.6 Å². The number of Topliss-reactive ketones (excluding diaryl/α,β-unsaturated/α-hetero) is 1. The number of ketones is 1. The van der Waals surface area contributed by atoms with Gasteiger partial charge in [-0.25, -0.2) is 0 Å². The molecule has 30 heavy (non-hydrogen) atoms. The minimum Gasteiger partial charge on any atom is -0.427 e. The molecule has 0 fully saturated rings. The van der Waals surface area contributed by atoms with Gasteiger partial charge in [-0.3, -0.25) is 4.79 Å². The van der Waals surface area contributed by atoms with Gasteiger partial charge in [-0.15, -0.1) is 0 Å². The predicted molar refractivity (Wildman–Crippen MR) is 132 cm³/mol. The highest BCUT2D eigenvalue weighted by Crippen LogP contribution is 2.33. The van der Waals surface area contributed by atoms with Crippen LogP contribution in [0.2, 0.25) is 13.6 Å². The molecule has 0 atom stereocenters. The quantitative estimate of drug-likeness (QED) is 0.417. The summed E-state index contributed by atoms with van der Waals surface area (Å²) in [5.74, 6) is 0.490. The topological polar surface area (TPSA) is 35.5 Å². The first-order valence-corrected chi connectivity index (χ1v) is 11.2. The van der Waals surface area contributed by atoms with E-state index in [2.05, 4.69) is 34.5 Å². The second-order valence-electron chi connectivity index (χ2n) is 10.6. The maximum absolute atomic E-state index is 13.2. The summed E-state index contributed by atoms with van der Waals surface area (Å²) < 4.78 is 12.3. The zero-order chi connectivity index (χ0) is 23.6. The molecule has 0 N–H and O–H groups in total. The van der Waals surface area contributed by atoms with Gasteiger partial charge in [0.1, 0.15) is 0 Å². The van der Waals surface area contributed by atoms with E-state index in [1.807, 2.05) is 67.4 Å². The molecule has 3 nitrogen and oxygen atoms in total. The summed E-state index contributed by atoms with van der Waals surface area (Å²) in [6.45, 7) is 26.8. The summed E-state index contributed by atoms with van der Waals surface area (Å²) in [6, 6.07) is 0. The van der Waals surface area contributed by atoms with E-state index in [0.29, 0.717) is 5.92 Å². The lowest BCUT2D eigenvalue weighted by molar-refractivity contribution is -0.111. The van der Waals surface area contributed by atoms with Gasteiger partial charge in [-0.05, 0) is 79.4 Å². The van der Waals surface area contributed by atoms with Crippen LogP contribution < -0.4 is 0 Å². The zero-order valence-corrected chi connectivity index (χ0v) is 21.6. The number of hydrogen-bond acceptors (Lipinski definition) is 3. The van der Waals surface area contributed by atoms with Crippen LogP contribution in [0.5, 0.6) is 0 Å². The van der Waals surface area contributed by atoms with E-state index in [9.17, 15) is 4.79 Å². The Morgan fingerprint density at radius 2 is 1.20 bits per heavy atom. The molecule has 0 heterocycles. The highest BCUT2D eigenvalue weighted by molar-refractivity contribution is 6.59. The maximum atomic E-state index is 13.2. The fraction of sp³-hybridized carbons (Fsp3) is 0.640. The first kappa shape index (κ1) is 26.7. The minimum absolute atomic E-state index is 0.0496. The second-order valence-corrected chi connectivity index (χ2v) is 10.6. The number of carbonyl (C=O) groups is 1. The highest BCUT2D eigenvalue weighted by Gasteiger charge is 2.30. The molecule has 0 spiro atoms. The largest absolute Gasteiger partial charge is 0.427 e. The van der Waals surface area contributed by atoms with Crippen molar-refractivity contribution in [1.29, 1.82) is 0 Å². The highest BCUT2D eigenvalue weighted by atomic mass is 16.5. The van der Waals surface area contributed by atoms with Gasteiger partial charge in [0.2, 0.25) is 0 Å². The summed E-state index contributed by atoms with van der Waals surface area (Å²) in [7, 11) is 0. The van der Waals surface area contributed by atoms with Gasteiger partial charge >= 0.3 is 13.8 Å². The van der Waals surface area contributed by atoms with Crippen LogP contribution >= 0.6 is 0 Å². The normalized spacial score (nSPS) is 16.9. The molecule has 1 aliphatic carbocycles. The van der Waals surface area contributed by atoms with E-state index in [0.717, 1.165) is 33.2 Å². The Labute approximate surface area is 186 Å². The van der Waals surface area contributed by atoms with E-state index in [1.165, 1.54) is 0 Å². The van der Waals surface area contributed by atoms with E-state index >= 15 is 0 Å². The third-order valence-electron chi connectivity index (χ3n) is 6.29. The van der Waals surface area contributed by atoms with Gasteiger partial charge in [0.05, 0.1) is 0 Å². The fourth-order valence-electron chi connectivity index (χ4n) is 3.24. The molecule has 0 aromatic rings. The molecule has 1 aliphatic rings. The number of hydrogen-bond donors (Lipinski definition) is 0. The van der Waals surface area contributed by atoms with Crippen LogP contribution in [0.25, 0.3) is 0 Å². The van der Waals surface area contributed by atoms with Crippen molar-refractivity contribution in [2.45, 2.75) is 101 Å². The Morgan fingerprint density at radius 1 is 0.833 bits per heavy atom. The van der Waals surface area contributed by atoms with Crippen LogP contribution in [0, 0.1) is 5.92 Å². The average Bonchev–Trinajstić information content (AvgIpc) is 2.77. The van der Waals surface area contributed by atoms with Crippen LogP contribution in [0.1, 0.15) is 76.2 Å². The van der Waals surface area contributed by atoms with Gasteiger partial charge in [0.25, 0.3) is 0 Å². The Balaban J connectivity index is 3.09. The molecular formula is C25H42B2O3. The van der Waals surface area contributed by atoms with E-state index in [1.54, 1.807) is 0 Å². The van der Waals surface area contributed by atoms with Crippen molar-refractivity contribution in [2.75, 3.05) is 0 Å². The molecular weight excluding hydrogens is 370 g/mol. The Hall–Kier alpha value is -1.32. The summed E-state index contributed by atoms with van der Waals surface area (Å²) in [6.07, 6.45) is 4.00. The maximum Gasteiger partial charge on any atom is 0.319 e. The molecule has 0 aromatic heterocycles. The van der Waals surface area contributed by atoms with Gasteiger partial charge in [0, 0.05) is 22.3 Å². The van der Waals surface area contributed by atoms with Crippen molar-refractivity contribution in [3.63, 3.8) is 0 Å². The minimum atomic E-state index is -0.225. The molecule has 5 heteroatoms. The van der Waals surface area contributed by atoms with Crippen LogP contribution in [-0.2, 0) is 14.1 Å². The zero-order valence-electron chi connectivity index (χ0n) is 21.6. The SMILES string of the molecule is CB(OC(C)(C)C)C(C)=CC1=C(C)C(C)=C(C=C(C)B(C)OC(C)(C)C(C)C)C1=O. The third kappa shape index (κ3) is 6.85. The third-order valence-corrected chi connectivity index (χ3v) is 6.29. The van der Waals surface area contributed by atoms with Crippen molar-refractivity contribution < 1.29 is 14.1 Å². The van der Waals surface area contributed by atoms with Crippen molar-refractivity contribution in [2.24, 2.45) is 5.92 Å². The molecule has 0 saturated heterocycles. The molecule has 0 saturated carbocycles. The number of carbonyl (C=O) groups excluding carboxylic acids is 1. The van der Waals surface area contributed by atoms with Crippen LogP contribution in [0.3, 0.4) is 0 Å². The van der Waals surface area contributed by atoms with Crippen LogP contribution in [-0.4, -0.2) is 30.8 Å². The average molecular weight is 412 g/mol. The molecule has 1 rings (SSSR count). The second kappa shape index (κ2) is 9.87. The molecule has 0 bridgehead atoms. The van der Waals surface area contributed by atoms with Gasteiger partial charge in [-0.1, -0.05) is 50.6 Å². The van der Waals surface area contributed by atoms with E-state index < -0.39 is 0 Å². The fourth-order valence-corrected chi connectivity index (χ4v) is 3.24. The van der Waals surface area contributed by atoms with Gasteiger partial charge in [-0.2, -0.15) is 0 Å². The summed E-state index contributed by atoms with van der Waals surface area (Å²) in [4.78, 5) is 13.2. The van der Waals surface area contributed by atoms with Crippen molar-refractivity contribution in [3.8, 4) is 0 Å². The summed E-state index contributed by atoms with van der Waals surface area (Å²) >= 11 is 0. The monoisotopic (exact) mass is 412 g/mol. The van der Waals surface area contributed by atoms with E-state index in [-0.39, 0.29) is 30.8 Å². The Kier molecular flexibility index (Phi) is 8.79. The summed E-state index contributed by atoms with van der Waals surface area (Å²) in [5.41, 5.74) is 5.28. The van der Waals surface area contributed by atoms with Crippen molar-refractivity contribution in [3.05, 3.63) is 45.4 Å². The lowest BCUT2D eigenvalue weighted by Crippen LogP contribution is -2.37. The molecule has 0 unspecified atom stereocenters. The van der Waals surface area contributed by atoms with E-state index in [4.69, 9.17) is 9.31 Å². The Bertz CT molecular complexity index is 790. The predicted octanol–water partition coefficient (Wildman–Crippen LogP) is 6.68. The van der Waals surface area contributed by atoms with Crippen LogP contribution in [0.4, 0.5) is 0 Å². The molecule has 0 aromatic carbocycles. The molecule has 0 amide bonds. The van der Waals surface area contributed by atoms with Gasteiger partial charge < -0.3 is 9.31 Å². The summed E-state index contributed by atoms with van der Waals surface area (Å²) in [5, 5.41) is 0. The number of rotatable bonds is 8. The first-order valence-electron chi connectivity index (χ1n) is 11.2. The van der Waals surface area contributed by atoms with Crippen molar-refractivity contribution in [1.82, 2.24) is 0 Å². The van der Waals surface area contributed by atoms with Gasteiger partial charge in [0.15, 0.2) is 5.78 Å². The Morgan fingerprint density at radius 3 is 1.53 bits per heavy atom. The smallest absolute Gasteiger partial charge is 0.319 e. The molecule has 0 aliphatic heterocycles. The number of allylic oxidation sites excluding steroid dienone is 8. The molecule has 166 valence electrons. The molecule has 0 radical (unpaired) electrons. The standard InChI is InChI=1S/C25H42B2O3/c1-16(2)25(10,11)30-27(13)18(4)15-22-20(6)19(5)21(23(22)28)14-17(3)26(12)29-24(7,8)9/h14-16H,1-13H3. The lowest BCUT2D eigenvalue weighted by atomic mass is 9.61. The first-order chi connectivity index (χ1) is 13.5. The van der Waals surface area contributed by atoms with Crippen LogP contribution in [0.15, 0.2) is 45.4 Å².